The van der Waals surface area contributed by atoms with Crippen molar-refractivity contribution in [3.63, 3.8) is 0 Å². The van der Waals surface area contributed by atoms with Crippen molar-refractivity contribution in [3.8, 4) is 0 Å². The first-order chi connectivity index (χ1) is 21.0. The Morgan fingerprint density at radius 3 is 2.25 bits per heavy atom. The van der Waals surface area contributed by atoms with Crippen LogP contribution < -0.4 is 39.3 Å². The minimum Gasteiger partial charge on any atom is -0.394 e. The molecule has 0 aromatic carbocycles. The number of carbonyl (C=O) groups is 1. The number of amides is 1. The van der Waals surface area contributed by atoms with Gasteiger partial charge in [0.15, 0.2) is 12.6 Å². The summed E-state index contributed by atoms with van der Waals surface area (Å²) in [7, 11) is 0. The summed E-state index contributed by atoms with van der Waals surface area (Å²) in [6.07, 6.45) is -8.57. The SMILES string of the molecule is NCC[C@H](O)C(=O)N[C@@H]1C[C@H](N)C(O[C@H]2O[C@H](CN)CC[C@H]2NCC2CC(N)C2)[C@H](O)[C@H]1O[C@H]1O[C@H](CO)[C@@H](O)[C@H](N)[C@H]1O. The van der Waals surface area contributed by atoms with Crippen molar-refractivity contribution in [2.45, 2.75) is 130 Å². The highest BCUT2D eigenvalue weighted by Crippen LogP contribution is 2.32. The molecule has 1 unspecified atom stereocenters. The van der Waals surface area contributed by atoms with E-state index in [0.717, 1.165) is 25.8 Å². The van der Waals surface area contributed by atoms with E-state index >= 15 is 0 Å². The Morgan fingerprint density at radius 1 is 0.909 bits per heavy atom. The summed E-state index contributed by atoms with van der Waals surface area (Å²) in [4.78, 5) is 12.8. The maximum Gasteiger partial charge on any atom is 0.249 e. The lowest BCUT2D eigenvalue weighted by Crippen LogP contribution is -2.69. The average molecular weight is 636 g/mol. The first kappa shape index (κ1) is 35.7. The fraction of sp³-hybridized carbons (Fsp3) is 0.963. The normalized spacial score (nSPS) is 45.4. The van der Waals surface area contributed by atoms with Crippen LogP contribution in [0.1, 0.15) is 38.5 Å². The van der Waals surface area contributed by atoms with Gasteiger partial charge < -0.3 is 83.8 Å². The molecule has 256 valence electrons. The van der Waals surface area contributed by atoms with Gasteiger partial charge in [0.1, 0.15) is 42.7 Å². The summed E-state index contributed by atoms with van der Waals surface area (Å²) in [5.74, 6) is -0.300. The van der Waals surface area contributed by atoms with Gasteiger partial charge in [-0.05, 0) is 57.5 Å². The Morgan fingerprint density at radius 2 is 1.61 bits per heavy atom. The number of aliphatic hydroxyl groups excluding tert-OH is 5. The first-order valence-corrected chi connectivity index (χ1v) is 15.6. The number of hydrogen-bond donors (Lipinski definition) is 12. The molecule has 4 rings (SSSR count). The third-order valence-electron chi connectivity index (χ3n) is 9.27. The summed E-state index contributed by atoms with van der Waals surface area (Å²) in [6.45, 7) is 0.465. The molecule has 2 aliphatic carbocycles. The summed E-state index contributed by atoms with van der Waals surface area (Å²) in [6, 6.07) is -3.02. The second-order valence-electron chi connectivity index (χ2n) is 12.6. The van der Waals surface area contributed by atoms with E-state index < -0.39 is 85.9 Å². The van der Waals surface area contributed by atoms with Crippen LogP contribution in [0, 0.1) is 5.92 Å². The second kappa shape index (κ2) is 16.1. The van der Waals surface area contributed by atoms with E-state index in [1.54, 1.807) is 0 Å². The molecule has 2 aliphatic heterocycles. The highest BCUT2D eigenvalue weighted by atomic mass is 16.7. The summed E-state index contributed by atoms with van der Waals surface area (Å²) >= 11 is 0. The summed E-state index contributed by atoms with van der Waals surface area (Å²) in [5, 5.41) is 58.7. The topological polar surface area (TPSA) is 309 Å². The van der Waals surface area contributed by atoms with Gasteiger partial charge >= 0.3 is 0 Å². The summed E-state index contributed by atoms with van der Waals surface area (Å²) < 4.78 is 24.2. The smallest absolute Gasteiger partial charge is 0.249 e. The van der Waals surface area contributed by atoms with Gasteiger partial charge in [-0.15, -0.1) is 0 Å². The van der Waals surface area contributed by atoms with E-state index in [1.165, 1.54) is 0 Å². The highest BCUT2D eigenvalue weighted by molar-refractivity contribution is 5.80. The van der Waals surface area contributed by atoms with Crippen LogP contribution in [0.4, 0.5) is 0 Å². The molecule has 17 heteroatoms. The fourth-order valence-electron chi connectivity index (χ4n) is 6.47. The lowest BCUT2D eigenvalue weighted by Gasteiger charge is -2.48. The molecule has 1 amide bonds. The molecule has 0 aromatic heterocycles. The van der Waals surface area contributed by atoms with E-state index in [9.17, 15) is 30.3 Å². The monoisotopic (exact) mass is 635 g/mol. The average Bonchev–Trinajstić information content (AvgIpc) is 2.99. The zero-order chi connectivity index (χ0) is 32.1. The van der Waals surface area contributed by atoms with Crippen LogP contribution >= 0.6 is 0 Å². The molecule has 2 saturated heterocycles. The van der Waals surface area contributed by atoms with Crippen molar-refractivity contribution in [2.75, 3.05) is 26.2 Å². The van der Waals surface area contributed by atoms with Gasteiger partial charge in [0.25, 0.3) is 0 Å². The van der Waals surface area contributed by atoms with Crippen molar-refractivity contribution in [1.82, 2.24) is 10.6 Å². The standard InChI is InChI=1S/C27H53N7O10/c28-4-3-17(36)25(40)34-16-7-14(31)23(22(39)24(16)44-27-21(38)19(32)20(37)18(10-35)42-27)43-26-15(2-1-13(8-29)41-26)33-9-11-5-12(30)6-11/h11-24,26-27,33,35-39H,1-10,28-32H2,(H,34,40)/t11?,12?,13-,14-,15+,16+,17-,18+,19-,20+,21+,22-,23?,24-,26+,27+/m0/s1. The van der Waals surface area contributed by atoms with E-state index in [0.29, 0.717) is 12.3 Å². The van der Waals surface area contributed by atoms with Gasteiger partial charge in [0, 0.05) is 18.6 Å². The molecule has 2 heterocycles. The van der Waals surface area contributed by atoms with Crippen LogP contribution in [0.5, 0.6) is 0 Å². The van der Waals surface area contributed by atoms with Crippen LogP contribution in [0.25, 0.3) is 0 Å². The molecule has 4 aliphatic rings. The molecular formula is C27H53N7O10. The van der Waals surface area contributed by atoms with Gasteiger partial charge in [-0.2, -0.15) is 0 Å². The molecule has 0 radical (unpaired) electrons. The molecule has 44 heavy (non-hydrogen) atoms. The Balaban J connectivity index is 1.52. The quantitative estimate of drug-likeness (QED) is 0.0896. The molecule has 4 fully saturated rings. The van der Waals surface area contributed by atoms with Crippen LogP contribution in [0.3, 0.4) is 0 Å². The Kier molecular flexibility index (Phi) is 13.1. The predicted octanol–water partition coefficient (Wildman–Crippen LogP) is -6.03. The zero-order valence-electron chi connectivity index (χ0n) is 25.0. The van der Waals surface area contributed by atoms with E-state index in [2.05, 4.69) is 10.6 Å². The van der Waals surface area contributed by atoms with Gasteiger partial charge in [-0.1, -0.05) is 0 Å². The largest absolute Gasteiger partial charge is 0.394 e. The molecule has 2 saturated carbocycles. The molecule has 0 bridgehead atoms. The fourth-order valence-corrected chi connectivity index (χ4v) is 6.47. The molecule has 0 spiro atoms. The minimum absolute atomic E-state index is 0.00228. The molecule has 17 N–H and O–H groups in total. The number of hydrogen-bond acceptors (Lipinski definition) is 16. The number of carbonyl (C=O) groups excluding carboxylic acids is 1. The molecular weight excluding hydrogens is 582 g/mol. The van der Waals surface area contributed by atoms with Crippen LogP contribution in [0.2, 0.25) is 0 Å². The van der Waals surface area contributed by atoms with Gasteiger partial charge in [0.2, 0.25) is 5.91 Å². The van der Waals surface area contributed by atoms with Crippen LogP contribution in [-0.4, -0.2) is 149 Å². The predicted molar refractivity (Wildman–Crippen MR) is 155 cm³/mol. The van der Waals surface area contributed by atoms with Crippen molar-refractivity contribution >= 4 is 5.91 Å². The van der Waals surface area contributed by atoms with Crippen molar-refractivity contribution in [2.24, 2.45) is 34.6 Å². The van der Waals surface area contributed by atoms with E-state index in [4.69, 9.17) is 47.6 Å². The van der Waals surface area contributed by atoms with Crippen LogP contribution in [-0.2, 0) is 23.7 Å². The van der Waals surface area contributed by atoms with Crippen molar-refractivity contribution in [1.29, 1.82) is 0 Å². The third-order valence-corrected chi connectivity index (χ3v) is 9.27. The van der Waals surface area contributed by atoms with Gasteiger partial charge in [0.05, 0.1) is 30.8 Å². The maximum atomic E-state index is 12.8. The van der Waals surface area contributed by atoms with Crippen molar-refractivity contribution in [3.05, 3.63) is 0 Å². The first-order valence-electron chi connectivity index (χ1n) is 15.6. The van der Waals surface area contributed by atoms with E-state index in [1.807, 2.05) is 0 Å². The number of ether oxygens (including phenoxy) is 4. The third kappa shape index (κ3) is 8.41. The van der Waals surface area contributed by atoms with E-state index in [-0.39, 0.29) is 44.1 Å². The van der Waals surface area contributed by atoms with Crippen LogP contribution in [0.15, 0.2) is 0 Å². The Hall–Kier alpha value is -1.13. The number of nitrogens with two attached hydrogens (primary N) is 5. The number of rotatable bonds is 13. The Labute approximate surface area is 257 Å². The number of nitrogens with one attached hydrogen (secondary N) is 2. The highest BCUT2D eigenvalue weighted by Gasteiger charge is 2.51. The molecule has 0 aromatic rings. The summed E-state index contributed by atoms with van der Waals surface area (Å²) in [5.41, 5.74) is 29.8. The minimum atomic E-state index is -1.55. The molecule has 17 nitrogen and oxygen atoms in total. The van der Waals surface area contributed by atoms with Gasteiger partial charge in [-0.25, -0.2) is 0 Å². The van der Waals surface area contributed by atoms with Crippen molar-refractivity contribution < 1.29 is 49.3 Å². The zero-order valence-corrected chi connectivity index (χ0v) is 25.0. The second-order valence-corrected chi connectivity index (χ2v) is 12.6. The lowest BCUT2D eigenvalue weighted by atomic mass is 9.80. The number of aliphatic hydroxyl groups is 5. The maximum absolute atomic E-state index is 12.8. The lowest BCUT2D eigenvalue weighted by molar-refractivity contribution is -0.314. The molecule has 14 atom stereocenters. The van der Waals surface area contributed by atoms with Gasteiger partial charge in [-0.3, -0.25) is 4.79 Å². The Bertz CT molecular complexity index is 905.